The third kappa shape index (κ3) is 3.53. The lowest BCUT2D eigenvalue weighted by Gasteiger charge is -2.15. The van der Waals surface area contributed by atoms with Crippen LogP contribution in [0, 0.1) is 6.92 Å². The van der Waals surface area contributed by atoms with E-state index in [1.165, 1.54) is 11.7 Å². The van der Waals surface area contributed by atoms with Crippen molar-refractivity contribution in [3.05, 3.63) is 64.8 Å². The molecule has 0 spiro atoms. The van der Waals surface area contributed by atoms with Gasteiger partial charge in [0.05, 0.1) is 23.5 Å². The molecule has 0 unspecified atom stereocenters. The Morgan fingerprint density at radius 2 is 1.84 bits per heavy atom. The molecule has 0 radical (unpaired) electrons. The predicted molar refractivity (Wildman–Crippen MR) is 121 cm³/mol. The number of methoxy groups -OCH3 is 1. The summed E-state index contributed by atoms with van der Waals surface area (Å²) in [5, 5.41) is 8.29. The van der Waals surface area contributed by atoms with Crippen LogP contribution in [0.1, 0.15) is 12.6 Å². The van der Waals surface area contributed by atoms with Crippen LogP contribution in [0.25, 0.3) is 33.0 Å². The van der Waals surface area contributed by atoms with Gasteiger partial charge in [0.2, 0.25) is 0 Å². The number of hydrogen-bond acceptors (Lipinski definition) is 5. The molecule has 2 aromatic heterocycles. The van der Waals surface area contributed by atoms with Crippen LogP contribution in [-0.2, 0) is 16.9 Å². The molecule has 0 bridgehead atoms. The topological polar surface area (TPSA) is 94.0 Å². The largest absolute Gasteiger partial charge is 0.496 e. The fourth-order valence-corrected chi connectivity index (χ4v) is 4.66. The number of aromatic amines is 1. The van der Waals surface area contributed by atoms with Crippen molar-refractivity contribution in [3.8, 4) is 28.0 Å². The number of hydrogen-bond donors (Lipinski definition) is 1. The summed E-state index contributed by atoms with van der Waals surface area (Å²) >= 11 is 0. The van der Waals surface area contributed by atoms with Gasteiger partial charge in [0.1, 0.15) is 5.75 Å². The first-order valence-corrected chi connectivity index (χ1v) is 11.5. The van der Waals surface area contributed by atoms with Crippen molar-refractivity contribution in [2.75, 3.05) is 12.9 Å². The minimum absolute atomic E-state index is 0.00327. The van der Waals surface area contributed by atoms with Crippen LogP contribution < -0.4 is 10.3 Å². The normalized spacial score (nSPS) is 11.7. The minimum Gasteiger partial charge on any atom is -0.496 e. The second-order valence-corrected chi connectivity index (χ2v) is 9.65. The van der Waals surface area contributed by atoms with Gasteiger partial charge in [-0.1, -0.05) is 13.0 Å². The second-order valence-electron chi connectivity index (χ2n) is 7.37. The Morgan fingerprint density at radius 3 is 2.48 bits per heavy atom. The molecule has 0 aliphatic heterocycles. The van der Waals surface area contributed by atoms with Crippen LogP contribution in [-0.4, -0.2) is 36.0 Å². The number of pyridine rings is 1. The molecule has 31 heavy (non-hydrogen) atoms. The molecular weight excluding hydrogens is 414 g/mol. The van der Waals surface area contributed by atoms with Crippen LogP contribution in [0.4, 0.5) is 0 Å². The molecule has 0 saturated heterocycles. The summed E-state index contributed by atoms with van der Waals surface area (Å²) in [6.07, 6.45) is 3.53. The van der Waals surface area contributed by atoms with E-state index in [1.807, 2.05) is 25.3 Å². The SMILES string of the molecule is CCS(=O)(=O)c1ccc(OC)c(-c2cn(C)c(=O)c3ccc(-c4c[nH]nc4C)cc23)c1. The number of ether oxygens (including phenoxy) is 1. The van der Waals surface area contributed by atoms with Crippen molar-refractivity contribution in [1.82, 2.24) is 14.8 Å². The summed E-state index contributed by atoms with van der Waals surface area (Å²) in [6.45, 7) is 3.52. The van der Waals surface area contributed by atoms with E-state index in [-0.39, 0.29) is 16.2 Å². The van der Waals surface area contributed by atoms with Gasteiger partial charge in [0.15, 0.2) is 9.84 Å². The molecule has 4 aromatic rings. The molecule has 4 rings (SSSR count). The lowest BCUT2D eigenvalue weighted by Crippen LogP contribution is -2.16. The summed E-state index contributed by atoms with van der Waals surface area (Å²) in [5.74, 6) is 0.524. The summed E-state index contributed by atoms with van der Waals surface area (Å²) in [4.78, 5) is 13.0. The lowest BCUT2D eigenvalue weighted by atomic mass is 9.96. The summed E-state index contributed by atoms with van der Waals surface area (Å²) in [6, 6.07) is 10.4. The summed E-state index contributed by atoms with van der Waals surface area (Å²) in [5.41, 5.74) is 3.88. The maximum Gasteiger partial charge on any atom is 0.258 e. The van der Waals surface area contributed by atoms with Gasteiger partial charge in [0.25, 0.3) is 5.56 Å². The zero-order chi connectivity index (χ0) is 22.3. The minimum atomic E-state index is -3.41. The molecule has 160 valence electrons. The quantitative estimate of drug-likeness (QED) is 0.514. The first-order chi connectivity index (χ1) is 14.8. The number of benzene rings is 2. The van der Waals surface area contributed by atoms with Crippen LogP contribution >= 0.6 is 0 Å². The van der Waals surface area contributed by atoms with Crippen LogP contribution in [0.3, 0.4) is 0 Å². The van der Waals surface area contributed by atoms with E-state index in [9.17, 15) is 13.2 Å². The number of nitrogens with zero attached hydrogens (tertiary/aromatic N) is 2. The average molecular weight is 438 g/mol. The third-order valence-corrected chi connectivity index (χ3v) is 7.26. The number of rotatable bonds is 5. The van der Waals surface area contributed by atoms with Gasteiger partial charge in [-0.25, -0.2) is 8.42 Å². The number of H-pyrrole nitrogens is 1. The first kappa shape index (κ1) is 20.9. The van der Waals surface area contributed by atoms with Crippen molar-refractivity contribution in [2.24, 2.45) is 7.05 Å². The molecule has 0 saturated carbocycles. The van der Waals surface area contributed by atoms with Gasteiger partial charge in [-0.3, -0.25) is 9.89 Å². The number of aromatic nitrogens is 3. The molecule has 1 N–H and O–H groups in total. The Morgan fingerprint density at radius 1 is 1.06 bits per heavy atom. The van der Waals surface area contributed by atoms with Gasteiger partial charge in [-0.05, 0) is 48.2 Å². The number of aryl methyl sites for hydroxylation is 2. The standard InChI is InChI=1S/C23H23N3O4S/c1-5-31(28,29)16-7-9-22(30-4)19(11-16)21-13-26(3)23(27)17-8-6-15(10-18(17)21)20-12-24-25-14(20)2/h6-13H,5H2,1-4H3,(H,24,25). The number of sulfone groups is 1. The maximum absolute atomic E-state index is 12.8. The number of nitrogens with one attached hydrogen (secondary N) is 1. The van der Waals surface area contributed by atoms with Crippen molar-refractivity contribution in [3.63, 3.8) is 0 Å². The first-order valence-electron chi connectivity index (χ1n) is 9.82. The molecule has 0 fully saturated rings. The molecule has 0 atom stereocenters. The summed E-state index contributed by atoms with van der Waals surface area (Å²) in [7, 11) is -0.193. The Bertz CT molecular complexity index is 1470. The number of fused-ring (bicyclic) bond motifs is 1. The highest BCUT2D eigenvalue weighted by Gasteiger charge is 2.19. The molecule has 0 aliphatic carbocycles. The third-order valence-electron chi connectivity index (χ3n) is 5.53. The van der Waals surface area contributed by atoms with Crippen molar-refractivity contribution in [1.29, 1.82) is 0 Å². The average Bonchev–Trinajstić information content (AvgIpc) is 3.21. The zero-order valence-corrected chi connectivity index (χ0v) is 18.6. The Labute approximate surface area is 180 Å². The van der Waals surface area contributed by atoms with E-state index >= 15 is 0 Å². The molecule has 7 nitrogen and oxygen atoms in total. The Balaban J connectivity index is 2.08. The lowest BCUT2D eigenvalue weighted by molar-refractivity contribution is 0.416. The second kappa shape index (κ2) is 7.70. The van der Waals surface area contributed by atoms with Crippen molar-refractivity contribution >= 4 is 20.6 Å². The van der Waals surface area contributed by atoms with E-state index in [4.69, 9.17) is 4.74 Å². The summed E-state index contributed by atoms with van der Waals surface area (Å²) < 4.78 is 32.1. The fraction of sp³-hybridized carbons (Fsp3) is 0.217. The van der Waals surface area contributed by atoms with Crippen LogP contribution in [0.5, 0.6) is 5.75 Å². The van der Waals surface area contributed by atoms with Crippen molar-refractivity contribution in [2.45, 2.75) is 18.7 Å². The molecule has 0 aliphatic rings. The van der Waals surface area contributed by atoms with E-state index in [1.54, 1.807) is 44.4 Å². The van der Waals surface area contributed by atoms with Crippen LogP contribution in [0.15, 0.2) is 58.5 Å². The highest BCUT2D eigenvalue weighted by Crippen LogP contribution is 2.37. The Hall–Kier alpha value is -3.39. The highest BCUT2D eigenvalue weighted by atomic mass is 32.2. The van der Waals surface area contributed by atoms with E-state index < -0.39 is 9.84 Å². The van der Waals surface area contributed by atoms with E-state index in [0.717, 1.165) is 16.8 Å². The van der Waals surface area contributed by atoms with Gasteiger partial charge >= 0.3 is 0 Å². The molecule has 2 heterocycles. The molecular formula is C23H23N3O4S. The highest BCUT2D eigenvalue weighted by molar-refractivity contribution is 7.91. The fourth-order valence-electron chi connectivity index (χ4n) is 3.76. The smallest absolute Gasteiger partial charge is 0.258 e. The molecule has 8 heteroatoms. The molecule has 2 aromatic carbocycles. The van der Waals surface area contributed by atoms with E-state index in [0.29, 0.717) is 27.6 Å². The van der Waals surface area contributed by atoms with Gasteiger partial charge in [-0.15, -0.1) is 0 Å². The zero-order valence-electron chi connectivity index (χ0n) is 17.8. The monoisotopic (exact) mass is 437 g/mol. The van der Waals surface area contributed by atoms with Crippen molar-refractivity contribution < 1.29 is 13.2 Å². The molecule has 0 amide bonds. The van der Waals surface area contributed by atoms with Gasteiger partial charge in [0, 0.05) is 41.5 Å². The van der Waals surface area contributed by atoms with Crippen LogP contribution in [0.2, 0.25) is 0 Å². The predicted octanol–water partition coefficient (Wildman–Crippen LogP) is 3.71. The maximum atomic E-state index is 12.8. The van der Waals surface area contributed by atoms with E-state index in [2.05, 4.69) is 10.2 Å². The Kier molecular flexibility index (Phi) is 5.18. The van der Waals surface area contributed by atoms with Gasteiger partial charge in [-0.2, -0.15) is 5.10 Å². The van der Waals surface area contributed by atoms with Gasteiger partial charge < -0.3 is 9.30 Å².